The van der Waals surface area contributed by atoms with E-state index in [1.54, 1.807) is 11.3 Å². The molecule has 0 unspecified atom stereocenters. The number of thiazole rings is 1. The molecule has 0 aromatic carbocycles. The average Bonchev–Trinajstić information content (AvgIpc) is 2.95. The molecule has 0 amide bonds. The molecule has 4 saturated carbocycles. The van der Waals surface area contributed by atoms with Gasteiger partial charge in [-0.3, -0.25) is 4.18 Å². The van der Waals surface area contributed by atoms with Crippen molar-refractivity contribution >= 4 is 31.8 Å². The van der Waals surface area contributed by atoms with Crippen molar-refractivity contribution in [2.45, 2.75) is 57.5 Å². The highest BCUT2D eigenvalue weighted by Gasteiger charge is 2.53. The summed E-state index contributed by atoms with van der Waals surface area (Å²) in [7, 11) is -3.52. The lowest BCUT2D eigenvalue weighted by molar-refractivity contribution is -0.00519. The SMILES string of the molecule is Cc1nc(COS(C)(=O)=O)c2nc(C34CC5CC(CC(C5)C3)C4)sc2n1. The van der Waals surface area contributed by atoms with Gasteiger partial charge in [-0.05, 0) is 63.2 Å². The zero-order valence-corrected chi connectivity index (χ0v) is 16.7. The van der Waals surface area contributed by atoms with Crippen molar-refractivity contribution in [3.8, 4) is 0 Å². The summed E-state index contributed by atoms with van der Waals surface area (Å²) in [5.41, 5.74) is 1.50. The smallest absolute Gasteiger partial charge is 0.264 e. The Labute approximate surface area is 157 Å². The van der Waals surface area contributed by atoms with Gasteiger partial charge in [-0.15, -0.1) is 0 Å². The molecule has 0 aliphatic heterocycles. The lowest BCUT2D eigenvalue weighted by Gasteiger charge is -2.56. The van der Waals surface area contributed by atoms with Crippen LogP contribution in [0.1, 0.15) is 55.1 Å². The minimum Gasteiger partial charge on any atom is -0.264 e. The Morgan fingerprint density at radius 1 is 1.08 bits per heavy atom. The Morgan fingerprint density at radius 3 is 2.27 bits per heavy atom. The van der Waals surface area contributed by atoms with Gasteiger partial charge in [-0.1, -0.05) is 11.3 Å². The number of aromatic nitrogens is 3. The normalized spacial score (nSPS) is 33.2. The van der Waals surface area contributed by atoms with Gasteiger partial charge in [0.1, 0.15) is 27.8 Å². The average molecular weight is 394 g/mol. The molecule has 4 aliphatic carbocycles. The number of hydrogen-bond donors (Lipinski definition) is 0. The van der Waals surface area contributed by atoms with E-state index in [0.717, 1.165) is 34.4 Å². The lowest BCUT2D eigenvalue weighted by Crippen LogP contribution is -2.48. The van der Waals surface area contributed by atoms with E-state index in [9.17, 15) is 8.42 Å². The standard InChI is InChI=1S/C18H23N3O3S2/c1-10-19-14(9-24-26(2,22)23)15-16(20-10)25-17(21-15)18-6-11-3-12(7-18)5-13(4-11)8-18/h11-13H,3-9H2,1-2H3. The van der Waals surface area contributed by atoms with Gasteiger partial charge >= 0.3 is 0 Å². The van der Waals surface area contributed by atoms with E-state index >= 15 is 0 Å². The molecule has 0 atom stereocenters. The van der Waals surface area contributed by atoms with Gasteiger partial charge in [0.2, 0.25) is 0 Å². The van der Waals surface area contributed by atoms with Crippen molar-refractivity contribution in [1.29, 1.82) is 0 Å². The summed E-state index contributed by atoms with van der Waals surface area (Å²) in [5.74, 6) is 3.20. The van der Waals surface area contributed by atoms with E-state index in [0.29, 0.717) is 11.5 Å². The number of fused-ring (bicyclic) bond motifs is 1. The molecule has 0 saturated heterocycles. The number of nitrogens with zero attached hydrogens (tertiary/aromatic N) is 3. The van der Waals surface area contributed by atoms with E-state index in [-0.39, 0.29) is 12.0 Å². The van der Waals surface area contributed by atoms with Gasteiger partial charge in [0, 0.05) is 5.41 Å². The minimum absolute atomic E-state index is 0.0806. The van der Waals surface area contributed by atoms with Crippen LogP contribution in [-0.4, -0.2) is 29.6 Å². The predicted octanol–water partition coefficient (Wildman–Crippen LogP) is 3.34. The molecule has 26 heavy (non-hydrogen) atoms. The van der Waals surface area contributed by atoms with E-state index in [4.69, 9.17) is 9.17 Å². The van der Waals surface area contributed by atoms with Gasteiger partial charge in [0.15, 0.2) is 0 Å². The fraction of sp³-hybridized carbons (Fsp3) is 0.722. The topological polar surface area (TPSA) is 82.0 Å². The summed E-state index contributed by atoms with van der Waals surface area (Å²) < 4.78 is 27.7. The first-order valence-corrected chi connectivity index (χ1v) is 11.9. The van der Waals surface area contributed by atoms with Gasteiger partial charge in [-0.2, -0.15) is 8.42 Å². The molecule has 8 heteroatoms. The van der Waals surface area contributed by atoms with Crippen LogP contribution < -0.4 is 0 Å². The van der Waals surface area contributed by atoms with Gasteiger partial charge < -0.3 is 0 Å². The number of rotatable bonds is 4. The molecule has 6 rings (SSSR count). The molecule has 2 aromatic heterocycles. The lowest BCUT2D eigenvalue weighted by atomic mass is 9.50. The molecule has 2 aromatic rings. The highest BCUT2D eigenvalue weighted by atomic mass is 32.2. The second kappa shape index (κ2) is 5.69. The Bertz CT molecular complexity index is 948. The summed E-state index contributed by atoms with van der Waals surface area (Å²) in [6.45, 7) is 1.75. The molecule has 0 N–H and O–H groups in total. The maximum Gasteiger partial charge on any atom is 0.264 e. The highest BCUT2D eigenvalue weighted by Crippen LogP contribution is 2.61. The molecule has 0 spiro atoms. The number of aryl methyl sites for hydroxylation is 1. The van der Waals surface area contributed by atoms with Crippen molar-refractivity contribution in [3.05, 3.63) is 16.5 Å². The van der Waals surface area contributed by atoms with Crippen LogP contribution in [0, 0.1) is 24.7 Å². The van der Waals surface area contributed by atoms with E-state index in [2.05, 4.69) is 9.97 Å². The monoisotopic (exact) mass is 393 g/mol. The van der Waals surface area contributed by atoms with Crippen LogP contribution >= 0.6 is 11.3 Å². The molecule has 140 valence electrons. The van der Waals surface area contributed by atoms with Crippen LogP contribution in [-0.2, 0) is 26.3 Å². The highest BCUT2D eigenvalue weighted by molar-refractivity contribution is 7.85. The molecule has 0 radical (unpaired) electrons. The van der Waals surface area contributed by atoms with E-state index < -0.39 is 10.1 Å². The molecular formula is C18H23N3O3S2. The first-order valence-electron chi connectivity index (χ1n) is 9.29. The third kappa shape index (κ3) is 2.86. The van der Waals surface area contributed by atoms with Crippen LogP contribution in [0.3, 0.4) is 0 Å². The van der Waals surface area contributed by atoms with Crippen molar-refractivity contribution in [3.63, 3.8) is 0 Å². The van der Waals surface area contributed by atoms with Crippen molar-refractivity contribution in [1.82, 2.24) is 15.0 Å². The van der Waals surface area contributed by atoms with Crippen molar-refractivity contribution in [2.75, 3.05) is 6.26 Å². The molecular weight excluding hydrogens is 370 g/mol. The van der Waals surface area contributed by atoms with Crippen LogP contribution in [0.5, 0.6) is 0 Å². The molecule has 4 aliphatic rings. The van der Waals surface area contributed by atoms with Gasteiger partial charge in [0.25, 0.3) is 10.1 Å². The van der Waals surface area contributed by atoms with Crippen LogP contribution in [0.2, 0.25) is 0 Å². The van der Waals surface area contributed by atoms with Crippen LogP contribution in [0.4, 0.5) is 0 Å². The molecule has 4 bridgehead atoms. The summed E-state index contributed by atoms with van der Waals surface area (Å²) in [6.07, 6.45) is 9.00. The van der Waals surface area contributed by atoms with Crippen molar-refractivity contribution in [2.24, 2.45) is 17.8 Å². The van der Waals surface area contributed by atoms with E-state index in [1.807, 2.05) is 6.92 Å². The summed E-state index contributed by atoms with van der Waals surface area (Å²) in [6, 6.07) is 0. The summed E-state index contributed by atoms with van der Waals surface area (Å²) in [5, 5.41) is 1.19. The third-order valence-electron chi connectivity index (χ3n) is 6.34. The first kappa shape index (κ1) is 17.0. The summed E-state index contributed by atoms with van der Waals surface area (Å²) >= 11 is 1.68. The maximum absolute atomic E-state index is 11.4. The number of hydrogen-bond acceptors (Lipinski definition) is 7. The van der Waals surface area contributed by atoms with Gasteiger partial charge in [-0.25, -0.2) is 15.0 Å². The Morgan fingerprint density at radius 2 is 1.69 bits per heavy atom. The van der Waals surface area contributed by atoms with E-state index in [1.165, 1.54) is 43.5 Å². The zero-order chi connectivity index (χ0) is 18.1. The molecule has 6 nitrogen and oxygen atoms in total. The predicted molar refractivity (Wildman–Crippen MR) is 99.4 cm³/mol. The van der Waals surface area contributed by atoms with Crippen molar-refractivity contribution < 1.29 is 12.6 Å². The Balaban J connectivity index is 1.56. The quantitative estimate of drug-likeness (QED) is 0.741. The third-order valence-corrected chi connectivity index (χ3v) is 8.09. The van der Waals surface area contributed by atoms with Crippen LogP contribution in [0.25, 0.3) is 10.3 Å². The minimum atomic E-state index is -3.52. The summed E-state index contributed by atoms with van der Waals surface area (Å²) in [4.78, 5) is 14.8. The van der Waals surface area contributed by atoms with Crippen LogP contribution in [0.15, 0.2) is 0 Å². The van der Waals surface area contributed by atoms with Gasteiger partial charge in [0.05, 0.1) is 11.9 Å². The largest absolute Gasteiger partial charge is 0.264 e. The fourth-order valence-corrected chi connectivity index (χ4v) is 7.41. The fourth-order valence-electron chi connectivity index (χ4n) is 5.86. The maximum atomic E-state index is 11.4. The zero-order valence-electron chi connectivity index (χ0n) is 15.1. The molecule has 4 fully saturated rings. The first-order chi connectivity index (χ1) is 12.3. The molecule has 2 heterocycles. The Kier molecular flexibility index (Phi) is 3.72. The second-order valence-corrected chi connectivity index (χ2v) is 11.2. The second-order valence-electron chi connectivity index (χ2n) is 8.55. The Hall–Kier alpha value is -1.12.